The molecule has 0 radical (unpaired) electrons. The van der Waals surface area contributed by atoms with Gasteiger partial charge >= 0.3 is 0 Å². The van der Waals surface area contributed by atoms with E-state index < -0.39 is 5.60 Å². The minimum absolute atomic E-state index is 0.859. The van der Waals surface area contributed by atoms with Gasteiger partial charge in [-0.1, -0.05) is 48.9 Å². The fourth-order valence-electron chi connectivity index (χ4n) is 2.89. The summed E-state index contributed by atoms with van der Waals surface area (Å²) in [5.41, 5.74) is 6.03. The molecule has 18 heavy (non-hydrogen) atoms. The third kappa shape index (κ3) is 1.44. The summed E-state index contributed by atoms with van der Waals surface area (Å²) in [6.45, 7) is 6.11. The molecule has 1 unspecified atom stereocenters. The van der Waals surface area contributed by atoms with Crippen LogP contribution in [0.25, 0.3) is 11.1 Å². The number of hydrogen-bond donors (Lipinski definition) is 1. The quantitative estimate of drug-likeness (QED) is 0.801. The molecule has 0 aliphatic heterocycles. The predicted molar refractivity (Wildman–Crippen MR) is 74.7 cm³/mol. The second kappa shape index (κ2) is 3.69. The Morgan fingerprint density at radius 3 is 2.28 bits per heavy atom. The highest BCUT2D eigenvalue weighted by atomic mass is 16.3. The van der Waals surface area contributed by atoms with Gasteiger partial charge < -0.3 is 5.11 Å². The van der Waals surface area contributed by atoms with Crippen molar-refractivity contribution in [1.82, 2.24) is 0 Å². The van der Waals surface area contributed by atoms with E-state index in [1.165, 1.54) is 22.3 Å². The molecule has 0 bridgehead atoms. The highest BCUT2D eigenvalue weighted by Gasteiger charge is 2.37. The van der Waals surface area contributed by atoms with E-state index in [1.807, 2.05) is 6.92 Å². The summed E-state index contributed by atoms with van der Waals surface area (Å²) in [5.74, 6) is 0. The molecule has 0 spiro atoms. The molecule has 1 aliphatic carbocycles. The molecule has 0 fully saturated rings. The Morgan fingerprint density at radius 2 is 1.61 bits per heavy atom. The van der Waals surface area contributed by atoms with Crippen LogP contribution in [0.1, 0.15) is 36.1 Å². The highest BCUT2D eigenvalue weighted by Crippen LogP contribution is 2.47. The topological polar surface area (TPSA) is 20.2 Å². The van der Waals surface area contributed by atoms with Gasteiger partial charge in [0.2, 0.25) is 0 Å². The zero-order valence-electron chi connectivity index (χ0n) is 11.1. The Bertz CT molecular complexity index is 624. The molecule has 2 aromatic carbocycles. The molecular formula is C17H18O. The monoisotopic (exact) mass is 238 g/mol. The molecule has 92 valence electrons. The van der Waals surface area contributed by atoms with Crippen LogP contribution >= 0.6 is 0 Å². The van der Waals surface area contributed by atoms with Gasteiger partial charge in [-0.05, 0) is 48.1 Å². The Balaban J connectivity index is 2.31. The third-order valence-electron chi connectivity index (χ3n) is 4.01. The second-order valence-electron chi connectivity index (χ2n) is 5.35. The van der Waals surface area contributed by atoms with E-state index in [0.717, 1.165) is 17.5 Å². The van der Waals surface area contributed by atoms with Crippen molar-refractivity contribution < 1.29 is 5.11 Å². The van der Waals surface area contributed by atoms with E-state index in [4.69, 9.17) is 0 Å². The maximum atomic E-state index is 10.8. The Hall–Kier alpha value is -1.60. The highest BCUT2D eigenvalue weighted by molar-refractivity contribution is 5.80. The standard InChI is InChI=1S/C17H18O/c1-4-12-6-8-14-13-7-5-11(2)9-15(13)17(3,18)16(14)10-12/h5-10,18H,4H2,1-3H3. The van der Waals surface area contributed by atoms with Gasteiger partial charge in [-0.2, -0.15) is 0 Å². The fraction of sp³-hybridized carbons (Fsp3) is 0.294. The maximum Gasteiger partial charge on any atom is 0.113 e. The van der Waals surface area contributed by atoms with Gasteiger partial charge in [0.05, 0.1) is 0 Å². The number of rotatable bonds is 1. The molecule has 0 aromatic heterocycles. The van der Waals surface area contributed by atoms with Gasteiger partial charge in [0.1, 0.15) is 5.60 Å². The van der Waals surface area contributed by atoms with Gasteiger partial charge in [-0.15, -0.1) is 0 Å². The minimum Gasteiger partial charge on any atom is -0.381 e. The number of hydrogen-bond acceptors (Lipinski definition) is 1. The molecule has 1 aliphatic rings. The molecular weight excluding hydrogens is 220 g/mol. The first-order valence-electron chi connectivity index (χ1n) is 6.51. The van der Waals surface area contributed by atoms with Crippen LogP contribution in [0.2, 0.25) is 0 Å². The predicted octanol–water partition coefficient (Wildman–Crippen LogP) is 3.79. The maximum absolute atomic E-state index is 10.8. The lowest BCUT2D eigenvalue weighted by atomic mass is 9.92. The van der Waals surface area contributed by atoms with E-state index in [1.54, 1.807) is 0 Å². The summed E-state index contributed by atoms with van der Waals surface area (Å²) in [6.07, 6.45) is 0.999. The summed E-state index contributed by atoms with van der Waals surface area (Å²) in [5, 5.41) is 10.8. The molecule has 1 heteroatoms. The van der Waals surface area contributed by atoms with Crippen molar-refractivity contribution in [3.8, 4) is 11.1 Å². The Labute approximate surface area is 108 Å². The van der Waals surface area contributed by atoms with Crippen LogP contribution in [-0.2, 0) is 12.0 Å². The summed E-state index contributed by atoms with van der Waals surface area (Å²) in [7, 11) is 0. The molecule has 0 saturated heterocycles. The van der Waals surface area contributed by atoms with Gasteiger partial charge in [-0.25, -0.2) is 0 Å². The summed E-state index contributed by atoms with van der Waals surface area (Å²) in [4.78, 5) is 0. The molecule has 0 amide bonds. The first-order chi connectivity index (χ1) is 8.54. The van der Waals surface area contributed by atoms with Crippen molar-refractivity contribution in [1.29, 1.82) is 0 Å². The first kappa shape index (κ1) is 11.5. The zero-order chi connectivity index (χ0) is 12.9. The van der Waals surface area contributed by atoms with Crippen LogP contribution in [0.5, 0.6) is 0 Å². The molecule has 1 N–H and O–H groups in total. The number of aliphatic hydroxyl groups is 1. The smallest absolute Gasteiger partial charge is 0.113 e. The SMILES string of the molecule is CCc1ccc2c(c1)C(C)(O)c1cc(C)ccc1-2. The Kier molecular flexibility index (Phi) is 2.36. The van der Waals surface area contributed by atoms with Crippen molar-refractivity contribution in [3.05, 3.63) is 58.7 Å². The average Bonchev–Trinajstić information content (AvgIpc) is 2.58. The lowest BCUT2D eigenvalue weighted by molar-refractivity contribution is 0.107. The number of benzene rings is 2. The van der Waals surface area contributed by atoms with Crippen LogP contribution in [0, 0.1) is 6.92 Å². The second-order valence-corrected chi connectivity index (χ2v) is 5.35. The first-order valence-corrected chi connectivity index (χ1v) is 6.51. The Morgan fingerprint density at radius 1 is 1.00 bits per heavy atom. The van der Waals surface area contributed by atoms with Crippen LogP contribution in [0.3, 0.4) is 0 Å². The van der Waals surface area contributed by atoms with Crippen molar-refractivity contribution in [2.45, 2.75) is 32.8 Å². The molecule has 0 heterocycles. The van der Waals surface area contributed by atoms with Gasteiger partial charge in [0.25, 0.3) is 0 Å². The third-order valence-corrected chi connectivity index (χ3v) is 4.01. The van der Waals surface area contributed by atoms with Crippen LogP contribution < -0.4 is 0 Å². The van der Waals surface area contributed by atoms with E-state index >= 15 is 0 Å². The van der Waals surface area contributed by atoms with Crippen LogP contribution in [0.4, 0.5) is 0 Å². The fourth-order valence-corrected chi connectivity index (χ4v) is 2.89. The molecule has 2 aromatic rings. The number of fused-ring (bicyclic) bond motifs is 3. The van der Waals surface area contributed by atoms with Crippen molar-refractivity contribution >= 4 is 0 Å². The molecule has 3 rings (SSSR count). The van der Waals surface area contributed by atoms with Gasteiger partial charge in [0, 0.05) is 0 Å². The lowest BCUT2D eigenvalue weighted by Crippen LogP contribution is -2.19. The molecule has 1 nitrogen and oxygen atoms in total. The summed E-state index contributed by atoms with van der Waals surface area (Å²) in [6, 6.07) is 12.8. The molecule has 0 saturated carbocycles. The normalized spacial score (nSPS) is 20.7. The van der Waals surface area contributed by atoms with Crippen LogP contribution in [0.15, 0.2) is 36.4 Å². The van der Waals surface area contributed by atoms with Crippen LogP contribution in [-0.4, -0.2) is 5.11 Å². The summed E-state index contributed by atoms with van der Waals surface area (Å²) < 4.78 is 0. The zero-order valence-corrected chi connectivity index (χ0v) is 11.1. The van der Waals surface area contributed by atoms with E-state index in [9.17, 15) is 5.11 Å². The van der Waals surface area contributed by atoms with E-state index in [-0.39, 0.29) is 0 Å². The van der Waals surface area contributed by atoms with E-state index in [2.05, 4.69) is 50.2 Å². The lowest BCUT2D eigenvalue weighted by Gasteiger charge is -2.20. The summed E-state index contributed by atoms with van der Waals surface area (Å²) >= 11 is 0. The minimum atomic E-state index is -0.859. The van der Waals surface area contributed by atoms with Gasteiger partial charge in [-0.3, -0.25) is 0 Å². The van der Waals surface area contributed by atoms with Crippen molar-refractivity contribution in [3.63, 3.8) is 0 Å². The average molecular weight is 238 g/mol. The largest absolute Gasteiger partial charge is 0.381 e. The van der Waals surface area contributed by atoms with Crippen molar-refractivity contribution in [2.24, 2.45) is 0 Å². The molecule has 1 atom stereocenters. The van der Waals surface area contributed by atoms with Crippen molar-refractivity contribution in [2.75, 3.05) is 0 Å². The number of aryl methyl sites for hydroxylation is 2. The van der Waals surface area contributed by atoms with E-state index in [0.29, 0.717) is 0 Å². The van der Waals surface area contributed by atoms with Gasteiger partial charge in [0.15, 0.2) is 0 Å².